The van der Waals surface area contributed by atoms with Gasteiger partial charge in [0.2, 0.25) is 0 Å². The molecule has 2 heterocycles. The Balaban J connectivity index is 1.45. The number of amides is 1. The summed E-state index contributed by atoms with van der Waals surface area (Å²) in [5, 5.41) is 0. The number of hydrogen-bond donors (Lipinski definition) is 0. The van der Waals surface area contributed by atoms with Crippen LogP contribution in [0, 0.1) is 0 Å². The molecule has 26 heavy (non-hydrogen) atoms. The molecule has 2 aliphatic rings. The third-order valence-electron chi connectivity index (χ3n) is 5.26. The van der Waals surface area contributed by atoms with E-state index in [1.165, 1.54) is 5.69 Å². The number of anilines is 1. The molecule has 5 nitrogen and oxygen atoms in total. The fourth-order valence-corrected chi connectivity index (χ4v) is 3.77. The maximum Gasteiger partial charge on any atom is 0.254 e. The third kappa shape index (κ3) is 3.09. The van der Waals surface area contributed by atoms with Gasteiger partial charge in [-0.2, -0.15) is 0 Å². The highest BCUT2D eigenvalue weighted by molar-refractivity contribution is 5.95. The number of hydrogen-bond acceptors (Lipinski definition) is 4. The van der Waals surface area contributed by atoms with Gasteiger partial charge in [-0.1, -0.05) is 0 Å². The van der Waals surface area contributed by atoms with Crippen molar-refractivity contribution < 1.29 is 14.3 Å². The van der Waals surface area contributed by atoms with Crippen LogP contribution in [0.1, 0.15) is 22.8 Å². The largest absolute Gasteiger partial charge is 0.497 e. The van der Waals surface area contributed by atoms with E-state index in [9.17, 15) is 4.79 Å². The number of carbonyl (C=O) groups excluding carboxylic acids is 1. The van der Waals surface area contributed by atoms with E-state index in [1.54, 1.807) is 7.11 Å². The SMILES string of the molecule is COc1ccc(N2CCN(C(=O)c3ccc4c(c3)CCO4)[C@@H](C)C2)cc1. The number of benzene rings is 2. The van der Waals surface area contributed by atoms with E-state index < -0.39 is 0 Å². The minimum absolute atomic E-state index is 0.113. The topological polar surface area (TPSA) is 42.0 Å². The lowest BCUT2D eigenvalue weighted by Gasteiger charge is -2.41. The van der Waals surface area contributed by atoms with Gasteiger partial charge in [-0.05, 0) is 55.0 Å². The second-order valence-electron chi connectivity index (χ2n) is 6.91. The number of carbonyl (C=O) groups is 1. The Labute approximate surface area is 154 Å². The first-order valence-electron chi connectivity index (χ1n) is 9.11. The van der Waals surface area contributed by atoms with Gasteiger partial charge in [0.15, 0.2) is 0 Å². The molecule has 2 aromatic rings. The quantitative estimate of drug-likeness (QED) is 0.852. The summed E-state index contributed by atoms with van der Waals surface area (Å²) in [4.78, 5) is 17.3. The van der Waals surface area contributed by atoms with Crippen LogP contribution in [0.25, 0.3) is 0 Å². The highest BCUT2D eigenvalue weighted by Crippen LogP contribution is 2.28. The van der Waals surface area contributed by atoms with Crippen molar-refractivity contribution >= 4 is 11.6 Å². The van der Waals surface area contributed by atoms with E-state index in [4.69, 9.17) is 9.47 Å². The average Bonchev–Trinajstić information content (AvgIpc) is 3.15. The molecule has 0 aromatic heterocycles. The molecular weight excluding hydrogens is 328 g/mol. The Morgan fingerprint density at radius 3 is 2.69 bits per heavy atom. The molecule has 1 amide bonds. The Bertz CT molecular complexity index is 803. The minimum Gasteiger partial charge on any atom is -0.497 e. The zero-order valence-corrected chi connectivity index (χ0v) is 15.3. The Morgan fingerprint density at radius 1 is 1.15 bits per heavy atom. The van der Waals surface area contributed by atoms with Crippen LogP contribution >= 0.6 is 0 Å². The molecule has 0 aliphatic carbocycles. The average molecular weight is 352 g/mol. The molecule has 1 saturated heterocycles. The number of methoxy groups -OCH3 is 1. The fraction of sp³-hybridized carbons (Fsp3) is 0.381. The van der Waals surface area contributed by atoms with E-state index in [0.717, 1.165) is 48.7 Å². The van der Waals surface area contributed by atoms with Crippen LogP contribution < -0.4 is 14.4 Å². The lowest BCUT2D eigenvalue weighted by Crippen LogP contribution is -2.54. The summed E-state index contributed by atoms with van der Waals surface area (Å²) in [6, 6.07) is 14.1. The van der Waals surface area contributed by atoms with Crippen LogP contribution in [-0.4, -0.2) is 50.2 Å². The number of piperazine rings is 1. The molecule has 1 atom stereocenters. The van der Waals surface area contributed by atoms with Crippen molar-refractivity contribution in [2.24, 2.45) is 0 Å². The van der Waals surface area contributed by atoms with Gasteiger partial charge in [0, 0.05) is 43.3 Å². The number of rotatable bonds is 3. The highest BCUT2D eigenvalue weighted by Gasteiger charge is 2.29. The van der Waals surface area contributed by atoms with Crippen LogP contribution in [0.3, 0.4) is 0 Å². The molecule has 0 radical (unpaired) electrons. The predicted molar refractivity (Wildman–Crippen MR) is 101 cm³/mol. The lowest BCUT2D eigenvalue weighted by molar-refractivity contribution is 0.0674. The molecule has 5 heteroatoms. The van der Waals surface area contributed by atoms with Crippen molar-refractivity contribution in [3.8, 4) is 11.5 Å². The van der Waals surface area contributed by atoms with Gasteiger partial charge in [0.25, 0.3) is 5.91 Å². The first kappa shape index (κ1) is 16.8. The van der Waals surface area contributed by atoms with E-state index in [1.807, 2.05) is 35.2 Å². The van der Waals surface area contributed by atoms with Gasteiger partial charge in [-0.25, -0.2) is 0 Å². The fourth-order valence-electron chi connectivity index (χ4n) is 3.77. The summed E-state index contributed by atoms with van der Waals surface area (Å²) in [5.74, 6) is 1.89. The van der Waals surface area contributed by atoms with E-state index in [0.29, 0.717) is 6.61 Å². The standard InChI is InChI=1S/C21H24N2O3/c1-15-14-22(18-4-6-19(25-2)7-5-18)10-11-23(15)21(24)17-3-8-20-16(13-17)9-12-26-20/h3-8,13,15H,9-12,14H2,1-2H3/t15-/m0/s1. The maximum atomic E-state index is 13.0. The van der Waals surface area contributed by atoms with Crippen LogP contribution in [0.5, 0.6) is 11.5 Å². The summed E-state index contributed by atoms with van der Waals surface area (Å²) in [6.07, 6.45) is 0.886. The van der Waals surface area contributed by atoms with Gasteiger partial charge < -0.3 is 19.3 Å². The van der Waals surface area contributed by atoms with E-state index in [2.05, 4.69) is 24.0 Å². The summed E-state index contributed by atoms with van der Waals surface area (Å²) in [6.45, 7) is 5.20. The molecule has 2 aromatic carbocycles. The lowest BCUT2D eigenvalue weighted by atomic mass is 10.1. The summed E-state index contributed by atoms with van der Waals surface area (Å²) in [5.41, 5.74) is 3.07. The monoisotopic (exact) mass is 352 g/mol. The molecule has 136 valence electrons. The molecule has 1 fully saturated rings. The van der Waals surface area contributed by atoms with Gasteiger partial charge in [0.1, 0.15) is 11.5 Å². The molecule has 4 rings (SSSR count). The Morgan fingerprint density at radius 2 is 1.96 bits per heavy atom. The van der Waals surface area contributed by atoms with E-state index in [-0.39, 0.29) is 11.9 Å². The number of ether oxygens (including phenoxy) is 2. The summed E-state index contributed by atoms with van der Waals surface area (Å²) >= 11 is 0. The first-order valence-corrected chi connectivity index (χ1v) is 9.11. The van der Waals surface area contributed by atoms with Crippen molar-refractivity contribution in [1.82, 2.24) is 4.90 Å². The van der Waals surface area contributed by atoms with E-state index >= 15 is 0 Å². The third-order valence-corrected chi connectivity index (χ3v) is 5.26. The number of nitrogens with zero attached hydrogens (tertiary/aromatic N) is 2. The van der Waals surface area contributed by atoms with Gasteiger partial charge >= 0.3 is 0 Å². The molecule has 0 unspecified atom stereocenters. The normalized spacial score (nSPS) is 19.1. The minimum atomic E-state index is 0.113. The van der Waals surface area contributed by atoms with Gasteiger partial charge in [-0.15, -0.1) is 0 Å². The van der Waals surface area contributed by atoms with Gasteiger partial charge in [-0.3, -0.25) is 4.79 Å². The van der Waals surface area contributed by atoms with Crippen molar-refractivity contribution in [3.05, 3.63) is 53.6 Å². The smallest absolute Gasteiger partial charge is 0.254 e. The Hall–Kier alpha value is -2.69. The number of fused-ring (bicyclic) bond motifs is 1. The van der Waals surface area contributed by atoms with Crippen LogP contribution in [0.2, 0.25) is 0 Å². The second-order valence-corrected chi connectivity index (χ2v) is 6.91. The molecular formula is C21H24N2O3. The maximum absolute atomic E-state index is 13.0. The highest BCUT2D eigenvalue weighted by atomic mass is 16.5. The summed E-state index contributed by atoms with van der Waals surface area (Å²) < 4.78 is 10.8. The van der Waals surface area contributed by atoms with Crippen molar-refractivity contribution in [2.45, 2.75) is 19.4 Å². The van der Waals surface area contributed by atoms with Crippen LogP contribution in [-0.2, 0) is 6.42 Å². The van der Waals surface area contributed by atoms with Crippen LogP contribution in [0.4, 0.5) is 5.69 Å². The molecule has 0 spiro atoms. The van der Waals surface area contributed by atoms with Crippen molar-refractivity contribution in [1.29, 1.82) is 0 Å². The predicted octanol–water partition coefficient (Wildman–Crippen LogP) is 2.98. The molecule has 0 bridgehead atoms. The van der Waals surface area contributed by atoms with Gasteiger partial charge in [0.05, 0.1) is 13.7 Å². The first-order chi connectivity index (χ1) is 12.7. The second kappa shape index (κ2) is 6.90. The van der Waals surface area contributed by atoms with Crippen LogP contribution in [0.15, 0.2) is 42.5 Å². The zero-order chi connectivity index (χ0) is 18.1. The van der Waals surface area contributed by atoms with Crippen molar-refractivity contribution in [2.75, 3.05) is 38.3 Å². The molecule has 0 N–H and O–H groups in total. The van der Waals surface area contributed by atoms with Crippen molar-refractivity contribution in [3.63, 3.8) is 0 Å². The molecule has 2 aliphatic heterocycles. The Kier molecular flexibility index (Phi) is 4.45. The zero-order valence-electron chi connectivity index (χ0n) is 15.3. The summed E-state index contributed by atoms with van der Waals surface area (Å²) in [7, 11) is 1.67. The molecule has 0 saturated carbocycles.